The van der Waals surface area contributed by atoms with Crippen LogP contribution >= 0.6 is 0 Å². The van der Waals surface area contributed by atoms with Crippen LogP contribution in [0.25, 0.3) is 0 Å². The maximum atomic E-state index is 11.9. The van der Waals surface area contributed by atoms with Crippen molar-refractivity contribution in [3.8, 4) is 11.8 Å². The number of rotatable bonds is 5. The van der Waals surface area contributed by atoms with E-state index in [1.807, 2.05) is 12.1 Å². The highest BCUT2D eigenvalue weighted by molar-refractivity contribution is 5.96. The second kappa shape index (κ2) is 6.59. The van der Waals surface area contributed by atoms with Crippen LogP contribution in [0.4, 0.5) is 5.69 Å². The molecule has 21 heavy (non-hydrogen) atoms. The molecule has 0 saturated carbocycles. The van der Waals surface area contributed by atoms with Crippen molar-refractivity contribution in [2.24, 2.45) is 5.41 Å². The Balaban J connectivity index is 1.94. The summed E-state index contributed by atoms with van der Waals surface area (Å²) in [4.78, 5) is 11.9. The van der Waals surface area contributed by atoms with Crippen LogP contribution in [0.2, 0.25) is 0 Å². The highest BCUT2D eigenvalue weighted by Crippen LogP contribution is 2.22. The molecule has 0 spiro atoms. The molecular formula is C16H20N2O3. The number of hydrogen-bond donors (Lipinski definition) is 1. The van der Waals surface area contributed by atoms with E-state index >= 15 is 0 Å². The summed E-state index contributed by atoms with van der Waals surface area (Å²) >= 11 is 0. The summed E-state index contributed by atoms with van der Waals surface area (Å²) in [5, 5.41) is 11.7. The molecule has 2 rings (SSSR count). The van der Waals surface area contributed by atoms with Gasteiger partial charge >= 0.3 is 0 Å². The van der Waals surface area contributed by atoms with Crippen LogP contribution in [0.5, 0.6) is 5.75 Å². The number of benzene rings is 1. The topological polar surface area (TPSA) is 71.4 Å². The summed E-state index contributed by atoms with van der Waals surface area (Å²) in [5.41, 5.74) is -0.442. The minimum absolute atomic E-state index is 0.153. The van der Waals surface area contributed by atoms with Crippen molar-refractivity contribution >= 4 is 11.6 Å². The van der Waals surface area contributed by atoms with E-state index in [2.05, 4.69) is 5.32 Å². The van der Waals surface area contributed by atoms with E-state index in [0.717, 1.165) is 19.4 Å². The molecule has 1 fully saturated rings. The lowest BCUT2D eigenvalue weighted by molar-refractivity contribution is -0.121. The summed E-state index contributed by atoms with van der Waals surface area (Å²) < 4.78 is 11.2. The van der Waals surface area contributed by atoms with Gasteiger partial charge in [-0.3, -0.25) is 4.79 Å². The monoisotopic (exact) mass is 288 g/mol. The zero-order valence-corrected chi connectivity index (χ0v) is 12.4. The molecule has 1 atom stereocenters. The standard InChI is InChI=1S/C16H20N2O3/c1-16(2,11-17)15(19)18-12-5-3-6-13(9-12)21-10-14-7-4-8-20-14/h3,5-6,9,14H,4,7-8,10H2,1-2H3,(H,18,19)/t14-/m1/s1. The molecule has 1 amide bonds. The molecule has 1 saturated heterocycles. The third-order valence-electron chi connectivity index (χ3n) is 3.40. The number of carbonyl (C=O) groups is 1. The van der Waals surface area contributed by atoms with Gasteiger partial charge < -0.3 is 14.8 Å². The first kappa shape index (κ1) is 15.3. The highest BCUT2D eigenvalue weighted by Gasteiger charge is 2.27. The van der Waals surface area contributed by atoms with Gasteiger partial charge in [0.1, 0.15) is 17.8 Å². The molecule has 0 unspecified atom stereocenters. The van der Waals surface area contributed by atoms with Gasteiger partial charge in [-0.25, -0.2) is 0 Å². The Bertz CT molecular complexity index is 543. The van der Waals surface area contributed by atoms with Gasteiger partial charge in [0.2, 0.25) is 5.91 Å². The zero-order valence-electron chi connectivity index (χ0n) is 12.4. The van der Waals surface area contributed by atoms with Crippen LogP contribution in [0.1, 0.15) is 26.7 Å². The maximum absolute atomic E-state index is 11.9. The molecular weight excluding hydrogens is 268 g/mol. The van der Waals surface area contributed by atoms with Gasteiger partial charge in [0.15, 0.2) is 0 Å². The zero-order chi connectivity index (χ0) is 15.3. The van der Waals surface area contributed by atoms with E-state index in [1.54, 1.807) is 32.0 Å². The molecule has 0 bridgehead atoms. The van der Waals surface area contributed by atoms with Crippen LogP contribution in [-0.4, -0.2) is 25.2 Å². The van der Waals surface area contributed by atoms with Gasteiger partial charge in [-0.05, 0) is 38.8 Å². The fraction of sp³-hybridized carbons (Fsp3) is 0.500. The molecule has 5 nitrogen and oxygen atoms in total. The van der Waals surface area contributed by atoms with Crippen molar-refractivity contribution in [2.75, 3.05) is 18.5 Å². The van der Waals surface area contributed by atoms with Crippen LogP contribution in [-0.2, 0) is 9.53 Å². The largest absolute Gasteiger partial charge is 0.491 e. The van der Waals surface area contributed by atoms with Gasteiger partial charge in [0, 0.05) is 18.4 Å². The molecule has 1 aliphatic heterocycles. The quantitative estimate of drug-likeness (QED) is 0.904. The van der Waals surface area contributed by atoms with E-state index in [0.29, 0.717) is 18.0 Å². The average molecular weight is 288 g/mol. The molecule has 5 heteroatoms. The minimum Gasteiger partial charge on any atom is -0.491 e. The minimum atomic E-state index is -1.06. The fourth-order valence-corrected chi connectivity index (χ4v) is 1.97. The van der Waals surface area contributed by atoms with Crippen molar-refractivity contribution in [2.45, 2.75) is 32.8 Å². The molecule has 1 heterocycles. The van der Waals surface area contributed by atoms with Crippen molar-refractivity contribution in [3.63, 3.8) is 0 Å². The van der Waals surface area contributed by atoms with Crippen molar-refractivity contribution in [1.82, 2.24) is 0 Å². The third-order valence-corrected chi connectivity index (χ3v) is 3.40. The molecule has 1 aliphatic rings. The number of carbonyl (C=O) groups excluding carboxylic acids is 1. The average Bonchev–Trinajstić information content (AvgIpc) is 2.99. The van der Waals surface area contributed by atoms with Crippen LogP contribution in [0.15, 0.2) is 24.3 Å². The number of amides is 1. The molecule has 0 aliphatic carbocycles. The lowest BCUT2D eigenvalue weighted by atomic mass is 9.94. The predicted molar refractivity (Wildman–Crippen MR) is 78.9 cm³/mol. The summed E-state index contributed by atoms with van der Waals surface area (Å²) in [5.74, 6) is 0.347. The van der Waals surface area contributed by atoms with Gasteiger partial charge in [-0.2, -0.15) is 5.26 Å². The van der Waals surface area contributed by atoms with E-state index in [1.165, 1.54) is 0 Å². The molecule has 1 aromatic carbocycles. The van der Waals surface area contributed by atoms with Gasteiger partial charge in [-0.15, -0.1) is 0 Å². The molecule has 112 valence electrons. The molecule has 0 radical (unpaired) electrons. The Labute approximate surface area is 124 Å². The van der Waals surface area contributed by atoms with Crippen LogP contribution < -0.4 is 10.1 Å². The lowest BCUT2D eigenvalue weighted by Gasteiger charge is -2.16. The SMILES string of the molecule is CC(C)(C#N)C(=O)Nc1cccc(OC[C@H]2CCCO2)c1. The Hall–Kier alpha value is -2.06. The van der Waals surface area contributed by atoms with Gasteiger partial charge in [0.05, 0.1) is 12.2 Å². The maximum Gasteiger partial charge on any atom is 0.244 e. The lowest BCUT2D eigenvalue weighted by Crippen LogP contribution is -2.29. The smallest absolute Gasteiger partial charge is 0.244 e. The summed E-state index contributed by atoms with van der Waals surface area (Å²) in [7, 11) is 0. The van der Waals surface area contributed by atoms with Crippen molar-refractivity contribution < 1.29 is 14.3 Å². The number of nitriles is 1. The summed E-state index contributed by atoms with van der Waals surface area (Å²) in [6, 6.07) is 9.14. The molecule has 1 aromatic rings. The Kier molecular flexibility index (Phi) is 4.81. The molecule has 0 aromatic heterocycles. The highest BCUT2D eigenvalue weighted by atomic mass is 16.5. The third kappa shape index (κ3) is 4.20. The number of ether oxygens (including phenoxy) is 2. The number of anilines is 1. The summed E-state index contributed by atoms with van der Waals surface area (Å²) in [6.07, 6.45) is 2.25. The second-order valence-electron chi connectivity index (χ2n) is 5.66. The summed E-state index contributed by atoms with van der Waals surface area (Å²) in [6.45, 7) is 4.48. The van der Waals surface area contributed by atoms with E-state index in [9.17, 15) is 4.79 Å². The van der Waals surface area contributed by atoms with Gasteiger partial charge in [0.25, 0.3) is 0 Å². The van der Waals surface area contributed by atoms with E-state index < -0.39 is 5.41 Å². The normalized spacial score (nSPS) is 18.0. The second-order valence-corrected chi connectivity index (χ2v) is 5.66. The van der Waals surface area contributed by atoms with Gasteiger partial charge in [-0.1, -0.05) is 6.07 Å². The Morgan fingerprint density at radius 1 is 1.57 bits per heavy atom. The number of nitrogens with zero attached hydrogens (tertiary/aromatic N) is 1. The molecule has 1 N–H and O–H groups in total. The Morgan fingerprint density at radius 3 is 3.05 bits per heavy atom. The van der Waals surface area contributed by atoms with Crippen molar-refractivity contribution in [1.29, 1.82) is 5.26 Å². The number of nitrogens with one attached hydrogen (secondary N) is 1. The Morgan fingerprint density at radius 2 is 2.38 bits per heavy atom. The number of hydrogen-bond acceptors (Lipinski definition) is 4. The van der Waals surface area contributed by atoms with Crippen molar-refractivity contribution in [3.05, 3.63) is 24.3 Å². The predicted octanol–water partition coefficient (Wildman–Crippen LogP) is 2.73. The first-order chi connectivity index (χ1) is 10.0. The van der Waals surface area contributed by atoms with Crippen LogP contribution in [0, 0.1) is 16.7 Å². The fourth-order valence-electron chi connectivity index (χ4n) is 1.97. The van der Waals surface area contributed by atoms with E-state index in [4.69, 9.17) is 14.7 Å². The van der Waals surface area contributed by atoms with E-state index in [-0.39, 0.29) is 12.0 Å². The first-order valence-electron chi connectivity index (χ1n) is 7.08. The van der Waals surface area contributed by atoms with Crippen LogP contribution in [0.3, 0.4) is 0 Å². The first-order valence-corrected chi connectivity index (χ1v) is 7.08.